The number of nitrogens with one attached hydrogen (secondary N) is 1. The van der Waals surface area contributed by atoms with Gasteiger partial charge >= 0.3 is 5.97 Å². The zero-order chi connectivity index (χ0) is 33.0. The summed E-state index contributed by atoms with van der Waals surface area (Å²) in [6.07, 6.45) is 1.54. The molecule has 2 aliphatic heterocycles. The molecule has 0 saturated carbocycles. The number of benzene rings is 3. The number of carboxylic acids is 1. The van der Waals surface area contributed by atoms with Gasteiger partial charge in [0.05, 0.1) is 25.2 Å². The standard InChI is InChI=1S/C36H43ClN2O7/c1-6-23-16-26(37)17-24(7-2)33(23)38-31(40)19-39-18-29(28-12-13-30-35(22(28)5)46-20-45-30)32(36(41)42)34(39)25-8-10-27(11-9-25)44-15-14-43-21(3)4/h8-13,16-17,21,29,32,34H,6-7,14-15,18-20H2,1-5H3,(H,38,40)(H,41,42)/t29-,32?,34+/m1/s1. The van der Waals surface area contributed by atoms with Crippen molar-refractivity contribution >= 4 is 29.2 Å². The molecule has 0 spiro atoms. The van der Waals surface area contributed by atoms with Crippen molar-refractivity contribution in [3.8, 4) is 17.2 Å². The third kappa shape index (κ3) is 7.27. The topological polar surface area (TPSA) is 107 Å². The van der Waals surface area contributed by atoms with Crippen molar-refractivity contribution in [2.75, 3.05) is 38.4 Å². The zero-order valence-electron chi connectivity index (χ0n) is 27.1. The molecule has 1 fully saturated rings. The van der Waals surface area contributed by atoms with E-state index in [4.69, 9.17) is 30.5 Å². The number of amides is 1. The molecule has 3 aromatic carbocycles. The Morgan fingerprint density at radius 1 is 1.04 bits per heavy atom. The minimum absolute atomic E-state index is 0.00821. The fourth-order valence-corrected chi connectivity index (χ4v) is 6.91. The molecule has 10 heteroatoms. The number of aryl methyl sites for hydroxylation is 2. The summed E-state index contributed by atoms with van der Waals surface area (Å²) in [6.45, 7) is 11.3. The molecule has 2 N–H and O–H groups in total. The van der Waals surface area contributed by atoms with Crippen LogP contribution in [0.15, 0.2) is 48.5 Å². The first-order valence-corrected chi connectivity index (χ1v) is 16.3. The van der Waals surface area contributed by atoms with E-state index in [2.05, 4.69) is 5.32 Å². The molecule has 1 unspecified atom stereocenters. The van der Waals surface area contributed by atoms with Crippen LogP contribution < -0.4 is 19.5 Å². The minimum Gasteiger partial charge on any atom is -0.491 e. The molecule has 5 rings (SSSR count). The lowest BCUT2D eigenvalue weighted by Gasteiger charge is -2.27. The van der Waals surface area contributed by atoms with Crippen molar-refractivity contribution in [1.82, 2.24) is 4.90 Å². The van der Waals surface area contributed by atoms with Crippen LogP contribution in [0.4, 0.5) is 5.69 Å². The van der Waals surface area contributed by atoms with Crippen LogP contribution in [-0.2, 0) is 27.2 Å². The molecule has 2 heterocycles. The van der Waals surface area contributed by atoms with E-state index in [1.165, 1.54) is 0 Å². The highest BCUT2D eigenvalue weighted by Crippen LogP contribution is 2.49. The van der Waals surface area contributed by atoms with Gasteiger partial charge in [0.1, 0.15) is 12.4 Å². The number of anilines is 1. The summed E-state index contributed by atoms with van der Waals surface area (Å²) in [7, 11) is 0. The molecule has 3 atom stereocenters. The lowest BCUT2D eigenvalue weighted by molar-refractivity contribution is -0.143. The van der Waals surface area contributed by atoms with Gasteiger partial charge in [-0.2, -0.15) is 0 Å². The first-order chi connectivity index (χ1) is 22.1. The van der Waals surface area contributed by atoms with Crippen LogP contribution in [0.2, 0.25) is 5.02 Å². The molecule has 0 bridgehead atoms. The highest BCUT2D eigenvalue weighted by molar-refractivity contribution is 6.30. The van der Waals surface area contributed by atoms with Crippen LogP contribution in [0.3, 0.4) is 0 Å². The number of hydrogen-bond donors (Lipinski definition) is 2. The van der Waals surface area contributed by atoms with Crippen molar-refractivity contribution in [3.63, 3.8) is 0 Å². The van der Waals surface area contributed by atoms with Crippen molar-refractivity contribution in [3.05, 3.63) is 81.4 Å². The Bertz CT molecular complexity index is 1530. The average Bonchev–Trinajstić information content (AvgIpc) is 3.66. The van der Waals surface area contributed by atoms with Crippen molar-refractivity contribution in [2.45, 2.75) is 65.5 Å². The molecule has 9 nitrogen and oxygen atoms in total. The number of fused-ring (bicyclic) bond motifs is 1. The first kappa shape index (κ1) is 33.6. The highest BCUT2D eigenvalue weighted by Gasteiger charge is 2.48. The van der Waals surface area contributed by atoms with Gasteiger partial charge in [0.2, 0.25) is 12.7 Å². The van der Waals surface area contributed by atoms with E-state index in [0.29, 0.717) is 54.9 Å². The van der Waals surface area contributed by atoms with Gasteiger partial charge in [-0.25, -0.2) is 0 Å². The van der Waals surface area contributed by atoms with Crippen molar-refractivity contribution < 1.29 is 33.6 Å². The normalized spacial score (nSPS) is 19.1. The number of ether oxygens (including phenoxy) is 4. The summed E-state index contributed by atoms with van der Waals surface area (Å²) in [6, 6.07) is 14.4. The summed E-state index contributed by atoms with van der Waals surface area (Å²) < 4.78 is 22.7. The molecule has 1 saturated heterocycles. The summed E-state index contributed by atoms with van der Waals surface area (Å²) in [5.74, 6) is -0.424. The van der Waals surface area contributed by atoms with Gasteiger partial charge in [0.25, 0.3) is 0 Å². The summed E-state index contributed by atoms with van der Waals surface area (Å²) in [5.41, 5.74) is 5.21. The molecule has 3 aromatic rings. The Balaban J connectivity index is 1.46. The van der Waals surface area contributed by atoms with E-state index in [1.807, 2.05) is 88.0 Å². The maximum atomic E-state index is 13.8. The first-order valence-electron chi connectivity index (χ1n) is 15.9. The van der Waals surface area contributed by atoms with Gasteiger partial charge in [0, 0.05) is 29.2 Å². The average molecular weight is 651 g/mol. The van der Waals surface area contributed by atoms with E-state index in [9.17, 15) is 14.7 Å². The molecule has 0 aliphatic carbocycles. The molecule has 246 valence electrons. The number of carboxylic acid groups (broad SMARTS) is 1. The number of aliphatic carboxylic acids is 1. The second-order valence-electron chi connectivity index (χ2n) is 12.0. The number of likely N-dealkylation sites (tertiary alicyclic amines) is 1. The van der Waals surface area contributed by atoms with Crippen LogP contribution in [0, 0.1) is 12.8 Å². The van der Waals surface area contributed by atoms with Crippen LogP contribution in [-0.4, -0.2) is 61.1 Å². The smallest absolute Gasteiger partial charge is 0.309 e. The van der Waals surface area contributed by atoms with Gasteiger partial charge < -0.3 is 29.4 Å². The number of halogens is 1. The van der Waals surface area contributed by atoms with E-state index in [1.54, 1.807) is 0 Å². The van der Waals surface area contributed by atoms with Gasteiger partial charge in [-0.15, -0.1) is 0 Å². The minimum atomic E-state index is -0.930. The predicted molar refractivity (Wildman–Crippen MR) is 177 cm³/mol. The lowest BCUT2D eigenvalue weighted by atomic mass is 9.81. The second-order valence-corrected chi connectivity index (χ2v) is 12.5. The Labute approximate surface area is 275 Å². The highest BCUT2D eigenvalue weighted by atomic mass is 35.5. The Morgan fingerprint density at radius 2 is 1.74 bits per heavy atom. The summed E-state index contributed by atoms with van der Waals surface area (Å²) >= 11 is 6.36. The van der Waals surface area contributed by atoms with E-state index in [0.717, 1.165) is 33.5 Å². The molecule has 0 radical (unpaired) electrons. The lowest BCUT2D eigenvalue weighted by Crippen LogP contribution is -2.35. The third-order valence-corrected chi connectivity index (χ3v) is 8.99. The molecule has 1 amide bonds. The fraction of sp³-hybridized carbons (Fsp3) is 0.444. The Hall–Kier alpha value is -3.79. The summed E-state index contributed by atoms with van der Waals surface area (Å²) in [5, 5.41) is 14.5. The van der Waals surface area contributed by atoms with Gasteiger partial charge in [0.15, 0.2) is 11.5 Å². The predicted octanol–water partition coefficient (Wildman–Crippen LogP) is 6.79. The Morgan fingerprint density at radius 3 is 2.37 bits per heavy atom. The number of carbonyl (C=O) groups is 2. The van der Waals surface area contributed by atoms with Crippen LogP contribution in [0.25, 0.3) is 0 Å². The van der Waals surface area contributed by atoms with Crippen LogP contribution in [0.1, 0.15) is 67.5 Å². The molecular formula is C36H43ClN2O7. The van der Waals surface area contributed by atoms with E-state index < -0.39 is 23.8 Å². The number of hydrogen-bond acceptors (Lipinski definition) is 7. The van der Waals surface area contributed by atoms with Crippen molar-refractivity contribution in [2.24, 2.45) is 5.92 Å². The largest absolute Gasteiger partial charge is 0.491 e. The number of rotatable bonds is 13. The molecule has 46 heavy (non-hydrogen) atoms. The third-order valence-electron chi connectivity index (χ3n) is 8.78. The molecular weight excluding hydrogens is 608 g/mol. The maximum Gasteiger partial charge on any atom is 0.309 e. The zero-order valence-corrected chi connectivity index (χ0v) is 27.9. The SMILES string of the molecule is CCc1cc(Cl)cc(CC)c1NC(=O)CN1C[C@H](c2ccc3c(c2C)OCO3)C(C(=O)O)[C@@H]1c1ccc(OCCOC(C)C)cc1. The van der Waals surface area contributed by atoms with Crippen LogP contribution >= 0.6 is 11.6 Å². The van der Waals surface area contributed by atoms with Crippen LogP contribution in [0.5, 0.6) is 17.2 Å². The van der Waals surface area contributed by atoms with Gasteiger partial charge in [-0.05, 0) is 91.8 Å². The van der Waals surface area contributed by atoms with Gasteiger partial charge in [-0.1, -0.05) is 43.6 Å². The summed E-state index contributed by atoms with van der Waals surface area (Å²) in [4.78, 5) is 28.8. The maximum absolute atomic E-state index is 13.8. The van der Waals surface area contributed by atoms with Crippen molar-refractivity contribution in [1.29, 1.82) is 0 Å². The molecule has 2 aliphatic rings. The Kier molecular flexibility index (Phi) is 10.8. The monoisotopic (exact) mass is 650 g/mol. The van der Waals surface area contributed by atoms with E-state index in [-0.39, 0.29) is 25.3 Å². The second kappa shape index (κ2) is 14.8. The quantitative estimate of drug-likeness (QED) is 0.195. The van der Waals surface area contributed by atoms with E-state index >= 15 is 0 Å². The number of carbonyl (C=O) groups excluding carboxylic acids is 1. The van der Waals surface area contributed by atoms with Gasteiger partial charge in [-0.3, -0.25) is 14.5 Å². The molecule has 0 aromatic heterocycles. The fourth-order valence-electron chi connectivity index (χ4n) is 6.65. The number of nitrogens with zero attached hydrogens (tertiary/aromatic N) is 1.